The van der Waals surface area contributed by atoms with Gasteiger partial charge in [-0.15, -0.1) is 0 Å². The van der Waals surface area contributed by atoms with Crippen LogP contribution in [0.4, 0.5) is 0 Å². The third-order valence-electron chi connectivity index (χ3n) is 4.77. The second-order valence-electron chi connectivity index (χ2n) is 6.30. The van der Waals surface area contributed by atoms with Gasteiger partial charge < -0.3 is 0 Å². The monoisotopic (exact) mass is 428 g/mol. The average Bonchev–Trinajstić information content (AvgIpc) is 2.54. The predicted octanol–water partition coefficient (Wildman–Crippen LogP) is 7.84. The molecule has 0 aliphatic carbocycles. The first-order valence-corrected chi connectivity index (χ1v) is 9.83. The number of halogens is 2. The Kier molecular flexibility index (Phi) is 4.07. The highest BCUT2D eigenvalue weighted by Gasteiger charge is 2.14. The first-order chi connectivity index (χ1) is 11.2. The Morgan fingerprint density at radius 1 is 0.783 bits per heavy atom. The van der Waals surface area contributed by atoms with Gasteiger partial charge in [-0.1, -0.05) is 75.9 Å². The second-order valence-corrected chi connectivity index (χ2v) is 8.07. The number of hydrogen-bond acceptors (Lipinski definition) is 0. The van der Waals surface area contributed by atoms with Crippen molar-refractivity contribution in [3.05, 3.63) is 57.0 Å². The van der Waals surface area contributed by atoms with Gasteiger partial charge in [0.05, 0.1) is 0 Å². The van der Waals surface area contributed by atoms with Crippen LogP contribution in [-0.2, 0) is 6.42 Å². The standard InChI is InChI=1S/C21H18Br2/c1-2-3-4-5-17-18-9-8-14-11-16(22)10-13-6-7-15(12-19(17)23)21(18)20(13)14/h6-12H,2-5H2,1H3. The Labute approximate surface area is 153 Å². The second kappa shape index (κ2) is 6.07. The quantitative estimate of drug-likeness (QED) is 0.229. The molecule has 116 valence electrons. The molecule has 0 radical (unpaired) electrons. The van der Waals surface area contributed by atoms with Crippen molar-refractivity contribution in [1.82, 2.24) is 0 Å². The van der Waals surface area contributed by atoms with E-state index in [1.54, 1.807) is 0 Å². The number of hydrogen-bond donors (Lipinski definition) is 0. The molecule has 23 heavy (non-hydrogen) atoms. The van der Waals surface area contributed by atoms with E-state index in [4.69, 9.17) is 0 Å². The smallest absolute Gasteiger partial charge is 0.0219 e. The van der Waals surface area contributed by atoms with Gasteiger partial charge in [0.15, 0.2) is 0 Å². The summed E-state index contributed by atoms with van der Waals surface area (Å²) in [7, 11) is 0. The van der Waals surface area contributed by atoms with Crippen molar-refractivity contribution in [2.45, 2.75) is 32.6 Å². The molecule has 0 aromatic heterocycles. The maximum Gasteiger partial charge on any atom is 0.0219 e. The number of unbranched alkanes of at least 4 members (excludes halogenated alkanes) is 2. The SMILES string of the molecule is CCCCCc1c(Br)cc2ccc3cc(Br)cc4ccc1c2c34. The van der Waals surface area contributed by atoms with E-state index >= 15 is 0 Å². The van der Waals surface area contributed by atoms with Crippen LogP contribution in [-0.4, -0.2) is 0 Å². The summed E-state index contributed by atoms with van der Waals surface area (Å²) in [5, 5.41) is 8.18. The van der Waals surface area contributed by atoms with E-state index in [1.165, 1.54) is 61.6 Å². The number of benzene rings is 4. The maximum absolute atomic E-state index is 3.82. The molecule has 2 heteroatoms. The molecular formula is C21H18Br2. The van der Waals surface area contributed by atoms with Gasteiger partial charge in [0, 0.05) is 8.95 Å². The third kappa shape index (κ3) is 2.56. The fourth-order valence-electron chi connectivity index (χ4n) is 3.69. The summed E-state index contributed by atoms with van der Waals surface area (Å²) in [6.07, 6.45) is 4.95. The molecule has 0 saturated carbocycles. The molecule has 4 rings (SSSR count). The molecule has 0 amide bonds. The molecule has 0 aliphatic rings. The molecule has 0 atom stereocenters. The molecule has 4 aromatic carbocycles. The molecule has 4 aromatic rings. The van der Waals surface area contributed by atoms with Crippen LogP contribution in [0.1, 0.15) is 31.7 Å². The lowest BCUT2D eigenvalue weighted by molar-refractivity contribution is 0.718. The van der Waals surface area contributed by atoms with Crippen LogP contribution in [0, 0.1) is 0 Å². The molecule has 0 unspecified atom stereocenters. The first kappa shape index (κ1) is 15.4. The van der Waals surface area contributed by atoms with Gasteiger partial charge >= 0.3 is 0 Å². The minimum absolute atomic E-state index is 1.15. The van der Waals surface area contributed by atoms with E-state index in [2.05, 4.69) is 81.2 Å². The van der Waals surface area contributed by atoms with E-state index in [0.29, 0.717) is 0 Å². The third-order valence-corrected chi connectivity index (χ3v) is 5.94. The molecule has 0 bridgehead atoms. The zero-order chi connectivity index (χ0) is 16.0. The minimum Gasteiger partial charge on any atom is -0.0654 e. The highest BCUT2D eigenvalue weighted by atomic mass is 79.9. The lowest BCUT2D eigenvalue weighted by atomic mass is 9.90. The van der Waals surface area contributed by atoms with Crippen LogP contribution in [0.25, 0.3) is 32.3 Å². The molecule has 0 spiro atoms. The molecule has 0 aliphatic heterocycles. The van der Waals surface area contributed by atoms with Crippen LogP contribution < -0.4 is 0 Å². The average molecular weight is 430 g/mol. The van der Waals surface area contributed by atoms with Crippen molar-refractivity contribution in [1.29, 1.82) is 0 Å². The summed E-state index contributed by atoms with van der Waals surface area (Å²) in [4.78, 5) is 0. The summed E-state index contributed by atoms with van der Waals surface area (Å²) in [5.74, 6) is 0. The summed E-state index contributed by atoms with van der Waals surface area (Å²) >= 11 is 7.45. The fraction of sp³-hybridized carbons (Fsp3) is 0.238. The predicted molar refractivity (Wildman–Crippen MR) is 109 cm³/mol. The van der Waals surface area contributed by atoms with Crippen molar-refractivity contribution in [3.63, 3.8) is 0 Å². The molecule has 0 heterocycles. The van der Waals surface area contributed by atoms with Crippen molar-refractivity contribution in [2.75, 3.05) is 0 Å². The van der Waals surface area contributed by atoms with Gasteiger partial charge in [0.2, 0.25) is 0 Å². The lowest BCUT2D eigenvalue weighted by Crippen LogP contribution is -1.93. The van der Waals surface area contributed by atoms with E-state index < -0.39 is 0 Å². The molecule has 0 N–H and O–H groups in total. The summed E-state index contributed by atoms with van der Waals surface area (Å²) in [6, 6.07) is 15.8. The van der Waals surface area contributed by atoms with Crippen molar-refractivity contribution >= 4 is 64.2 Å². The normalized spacial score (nSPS) is 12.0. The van der Waals surface area contributed by atoms with Gasteiger partial charge in [-0.05, 0) is 68.9 Å². The van der Waals surface area contributed by atoms with E-state index in [1.807, 2.05) is 0 Å². The number of aryl methyl sites for hydroxylation is 1. The zero-order valence-corrected chi connectivity index (χ0v) is 16.3. The Balaban J connectivity index is 2.06. The lowest BCUT2D eigenvalue weighted by Gasteiger charge is -2.16. The Bertz CT molecular complexity index is 982. The molecule has 0 saturated heterocycles. The van der Waals surface area contributed by atoms with Crippen LogP contribution in [0.5, 0.6) is 0 Å². The van der Waals surface area contributed by atoms with Gasteiger partial charge in [0.1, 0.15) is 0 Å². The van der Waals surface area contributed by atoms with Crippen molar-refractivity contribution in [2.24, 2.45) is 0 Å². The molecule has 0 nitrogen and oxygen atoms in total. The van der Waals surface area contributed by atoms with Gasteiger partial charge in [-0.25, -0.2) is 0 Å². The zero-order valence-electron chi connectivity index (χ0n) is 13.1. The summed E-state index contributed by atoms with van der Waals surface area (Å²) in [5.41, 5.74) is 1.46. The van der Waals surface area contributed by atoms with Crippen molar-refractivity contribution in [3.8, 4) is 0 Å². The highest BCUT2D eigenvalue weighted by Crippen LogP contribution is 2.40. The summed E-state index contributed by atoms with van der Waals surface area (Å²) < 4.78 is 2.40. The molecule has 0 fully saturated rings. The van der Waals surface area contributed by atoms with Crippen LogP contribution in [0.3, 0.4) is 0 Å². The van der Waals surface area contributed by atoms with Crippen LogP contribution >= 0.6 is 31.9 Å². The van der Waals surface area contributed by atoms with Crippen molar-refractivity contribution < 1.29 is 0 Å². The minimum atomic E-state index is 1.15. The van der Waals surface area contributed by atoms with Gasteiger partial charge in [-0.2, -0.15) is 0 Å². The fourth-order valence-corrected chi connectivity index (χ4v) is 4.84. The summed E-state index contributed by atoms with van der Waals surface area (Å²) in [6.45, 7) is 2.26. The van der Waals surface area contributed by atoms with Crippen LogP contribution in [0.2, 0.25) is 0 Å². The number of rotatable bonds is 4. The first-order valence-electron chi connectivity index (χ1n) is 8.24. The van der Waals surface area contributed by atoms with Gasteiger partial charge in [-0.3, -0.25) is 0 Å². The van der Waals surface area contributed by atoms with Crippen LogP contribution in [0.15, 0.2) is 51.4 Å². The van der Waals surface area contributed by atoms with Gasteiger partial charge in [0.25, 0.3) is 0 Å². The maximum atomic E-state index is 3.82. The largest absolute Gasteiger partial charge is 0.0654 e. The highest BCUT2D eigenvalue weighted by molar-refractivity contribution is 9.10. The Morgan fingerprint density at radius 3 is 2.13 bits per heavy atom. The Morgan fingerprint density at radius 2 is 1.43 bits per heavy atom. The van der Waals surface area contributed by atoms with E-state index in [-0.39, 0.29) is 0 Å². The molecular weight excluding hydrogens is 412 g/mol. The Hall–Kier alpha value is -1.12. The van der Waals surface area contributed by atoms with E-state index in [9.17, 15) is 0 Å². The van der Waals surface area contributed by atoms with E-state index in [0.717, 1.165) is 10.9 Å². The topological polar surface area (TPSA) is 0 Å².